The van der Waals surface area contributed by atoms with Gasteiger partial charge in [0.25, 0.3) is 0 Å². The molecule has 2 atom stereocenters. The first-order valence-corrected chi connectivity index (χ1v) is 12.7. The average Bonchev–Trinajstić information content (AvgIpc) is 3.57. The molecule has 1 saturated heterocycles. The lowest BCUT2D eigenvalue weighted by Gasteiger charge is -2.19. The van der Waals surface area contributed by atoms with E-state index in [0.717, 1.165) is 23.8 Å². The lowest BCUT2D eigenvalue weighted by Crippen LogP contribution is -2.27. The number of fused-ring (bicyclic) bond motifs is 1. The minimum atomic E-state index is -0.615. The minimum Gasteiger partial charge on any atom is -0.442 e. The lowest BCUT2D eigenvalue weighted by molar-refractivity contribution is 0.0174. The smallest absolute Gasteiger partial charge is 0.435 e. The van der Waals surface area contributed by atoms with Gasteiger partial charge in [-0.15, -0.1) is 0 Å². The topological polar surface area (TPSA) is 137 Å². The van der Waals surface area contributed by atoms with Gasteiger partial charge in [0.1, 0.15) is 17.0 Å². The van der Waals surface area contributed by atoms with E-state index in [0.29, 0.717) is 35.2 Å². The molecule has 0 saturated carbocycles. The van der Waals surface area contributed by atoms with Crippen molar-refractivity contribution in [1.29, 1.82) is 0 Å². The Morgan fingerprint density at radius 2 is 1.95 bits per heavy atom. The number of rotatable bonds is 5. The standard InChI is InChI=1S/C28H29N7O4/c1-28(2,3)39-27(37)35-24-9-5-18(14-19(24)15-32-35)4-6-20-10-12-29-25(33-20)23-11-13-30-26(34-23)31-16-21-7-8-22(17-36)38-21/h5,9-15,21-22,36H,7-8,16-17H2,1-3H3,(H,30,31,34)/t21-,22+/m0/s1. The Labute approximate surface area is 225 Å². The Hall–Kier alpha value is -4.40. The van der Waals surface area contributed by atoms with E-state index < -0.39 is 11.7 Å². The number of hydrogen-bond donors (Lipinski definition) is 2. The van der Waals surface area contributed by atoms with Gasteiger partial charge in [0.05, 0.1) is 30.5 Å². The number of ether oxygens (including phenoxy) is 2. The molecule has 39 heavy (non-hydrogen) atoms. The number of anilines is 1. The molecular weight excluding hydrogens is 498 g/mol. The number of nitrogens with zero attached hydrogens (tertiary/aromatic N) is 6. The normalized spacial score (nSPS) is 17.0. The van der Waals surface area contributed by atoms with Gasteiger partial charge in [-0.1, -0.05) is 5.92 Å². The lowest BCUT2D eigenvalue weighted by atomic mass is 10.1. The molecule has 200 valence electrons. The van der Waals surface area contributed by atoms with Gasteiger partial charge < -0.3 is 19.9 Å². The van der Waals surface area contributed by atoms with Gasteiger partial charge in [-0.25, -0.2) is 24.7 Å². The molecule has 4 aromatic rings. The predicted octanol–water partition coefficient (Wildman–Crippen LogP) is 3.42. The van der Waals surface area contributed by atoms with Crippen molar-refractivity contribution in [2.45, 2.75) is 51.4 Å². The second kappa shape index (κ2) is 11.1. The zero-order valence-electron chi connectivity index (χ0n) is 22.0. The van der Waals surface area contributed by atoms with Gasteiger partial charge >= 0.3 is 6.09 Å². The molecule has 1 aromatic carbocycles. The van der Waals surface area contributed by atoms with Gasteiger partial charge in [-0.2, -0.15) is 9.78 Å². The highest BCUT2D eigenvalue weighted by Crippen LogP contribution is 2.20. The Kier molecular flexibility index (Phi) is 7.49. The third kappa shape index (κ3) is 6.54. The maximum Gasteiger partial charge on any atom is 0.435 e. The van der Waals surface area contributed by atoms with E-state index in [4.69, 9.17) is 9.47 Å². The fourth-order valence-corrected chi connectivity index (χ4v) is 4.09. The largest absolute Gasteiger partial charge is 0.442 e. The van der Waals surface area contributed by atoms with Crippen LogP contribution in [0.2, 0.25) is 0 Å². The van der Waals surface area contributed by atoms with Crippen molar-refractivity contribution in [3.8, 4) is 23.4 Å². The summed E-state index contributed by atoms with van der Waals surface area (Å²) in [7, 11) is 0. The molecule has 1 fully saturated rings. The van der Waals surface area contributed by atoms with E-state index >= 15 is 0 Å². The van der Waals surface area contributed by atoms with Crippen LogP contribution in [0, 0.1) is 11.8 Å². The predicted molar refractivity (Wildman–Crippen MR) is 144 cm³/mol. The highest BCUT2D eigenvalue weighted by molar-refractivity contribution is 5.88. The van der Waals surface area contributed by atoms with Gasteiger partial charge in [0, 0.05) is 29.9 Å². The molecule has 11 heteroatoms. The Bertz CT molecular complexity index is 1550. The molecule has 2 N–H and O–H groups in total. The first kappa shape index (κ1) is 26.2. The van der Waals surface area contributed by atoms with Crippen molar-refractivity contribution in [3.05, 3.63) is 60.2 Å². The van der Waals surface area contributed by atoms with Gasteiger partial charge in [0.2, 0.25) is 5.95 Å². The molecule has 0 aliphatic carbocycles. The molecule has 11 nitrogen and oxygen atoms in total. The van der Waals surface area contributed by atoms with Crippen molar-refractivity contribution in [1.82, 2.24) is 29.7 Å². The maximum atomic E-state index is 12.4. The fourth-order valence-electron chi connectivity index (χ4n) is 4.09. The summed E-state index contributed by atoms with van der Waals surface area (Å²) in [5, 5.41) is 17.4. The summed E-state index contributed by atoms with van der Waals surface area (Å²) in [4.78, 5) is 30.1. The number of carbonyl (C=O) groups excluding carboxylic acids is 1. The van der Waals surface area contributed by atoms with E-state index in [2.05, 4.69) is 42.2 Å². The number of benzene rings is 1. The third-order valence-electron chi connectivity index (χ3n) is 5.90. The summed E-state index contributed by atoms with van der Waals surface area (Å²) in [5.74, 6) is 7.05. The molecule has 1 aliphatic rings. The fraction of sp³-hybridized carbons (Fsp3) is 0.357. The van der Waals surface area contributed by atoms with Crippen molar-refractivity contribution >= 4 is 22.9 Å². The van der Waals surface area contributed by atoms with Crippen molar-refractivity contribution in [2.75, 3.05) is 18.5 Å². The summed E-state index contributed by atoms with van der Waals surface area (Å²) in [6.45, 7) is 6.01. The molecule has 0 unspecified atom stereocenters. The number of carbonyl (C=O) groups is 1. The average molecular weight is 528 g/mol. The Balaban J connectivity index is 1.28. The third-order valence-corrected chi connectivity index (χ3v) is 5.90. The molecule has 0 spiro atoms. The Morgan fingerprint density at radius 3 is 2.74 bits per heavy atom. The number of aromatic nitrogens is 6. The Morgan fingerprint density at radius 1 is 1.13 bits per heavy atom. The quantitative estimate of drug-likeness (QED) is 0.371. The molecular formula is C28H29N7O4. The van der Waals surface area contributed by atoms with Crippen LogP contribution in [-0.4, -0.2) is 71.9 Å². The summed E-state index contributed by atoms with van der Waals surface area (Å²) >= 11 is 0. The molecule has 3 aromatic heterocycles. The maximum absolute atomic E-state index is 12.4. The molecule has 0 radical (unpaired) electrons. The number of aliphatic hydroxyl groups is 1. The summed E-state index contributed by atoms with van der Waals surface area (Å²) in [6, 6.07) is 8.93. The van der Waals surface area contributed by atoms with E-state index in [-0.39, 0.29) is 18.8 Å². The number of hydrogen-bond acceptors (Lipinski definition) is 10. The van der Waals surface area contributed by atoms with Crippen LogP contribution in [0.4, 0.5) is 10.7 Å². The zero-order valence-corrected chi connectivity index (χ0v) is 22.0. The monoisotopic (exact) mass is 527 g/mol. The molecule has 1 aliphatic heterocycles. The highest BCUT2D eigenvalue weighted by Gasteiger charge is 2.24. The molecule has 0 amide bonds. The van der Waals surface area contributed by atoms with Crippen molar-refractivity contribution in [3.63, 3.8) is 0 Å². The highest BCUT2D eigenvalue weighted by atomic mass is 16.6. The van der Waals surface area contributed by atoms with Crippen molar-refractivity contribution in [2.24, 2.45) is 0 Å². The first-order valence-electron chi connectivity index (χ1n) is 12.7. The summed E-state index contributed by atoms with van der Waals surface area (Å²) in [6.07, 6.45) is 5.98. The van der Waals surface area contributed by atoms with Gasteiger partial charge in [-0.3, -0.25) is 0 Å². The zero-order chi connectivity index (χ0) is 27.4. The van der Waals surface area contributed by atoms with Crippen LogP contribution >= 0.6 is 0 Å². The van der Waals surface area contributed by atoms with Crippen LogP contribution in [-0.2, 0) is 9.47 Å². The van der Waals surface area contributed by atoms with Crippen LogP contribution in [0.5, 0.6) is 0 Å². The first-order chi connectivity index (χ1) is 18.8. The molecule has 5 rings (SSSR count). The van der Waals surface area contributed by atoms with E-state index in [1.165, 1.54) is 4.68 Å². The van der Waals surface area contributed by atoms with Crippen LogP contribution in [0.1, 0.15) is 44.9 Å². The molecule has 0 bridgehead atoms. The van der Waals surface area contributed by atoms with E-state index in [1.807, 2.05) is 32.9 Å². The second-order valence-corrected chi connectivity index (χ2v) is 10.1. The summed E-state index contributed by atoms with van der Waals surface area (Å²) < 4.78 is 12.4. The van der Waals surface area contributed by atoms with E-state index in [1.54, 1.807) is 36.8 Å². The van der Waals surface area contributed by atoms with Crippen LogP contribution < -0.4 is 5.32 Å². The minimum absolute atomic E-state index is 0.00938. The van der Waals surface area contributed by atoms with Gasteiger partial charge in [0.15, 0.2) is 5.82 Å². The second-order valence-electron chi connectivity index (χ2n) is 10.1. The van der Waals surface area contributed by atoms with Crippen LogP contribution in [0.3, 0.4) is 0 Å². The van der Waals surface area contributed by atoms with Crippen LogP contribution in [0.15, 0.2) is 48.9 Å². The number of aliphatic hydroxyl groups excluding tert-OH is 1. The summed E-state index contributed by atoms with van der Waals surface area (Å²) in [5.41, 5.74) is 1.87. The van der Waals surface area contributed by atoms with Crippen molar-refractivity contribution < 1.29 is 19.4 Å². The molecule has 4 heterocycles. The number of nitrogens with one attached hydrogen (secondary N) is 1. The van der Waals surface area contributed by atoms with Gasteiger partial charge in [-0.05, 0) is 69.9 Å². The van der Waals surface area contributed by atoms with E-state index in [9.17, 15) is 9.90 Å². The SMILES string of the molecule is CC(C)(C)OC(=O)n1ncc2cc(C#Cc3ccnc(-c4ccnc(NC[C@@H]5CC[C@H](CO)O5)n4)n3)ccc21. The van der Waals surface area contributed by atoms with Crippen LogP contribution in [0.25, 0.3) is 22.4 Å².